The standard InChI is InChI=1S/C17H27NO/c1-3-11-18-17(8-5-12-19-2)16-10-9-14-6-4-7-15(14)13-16/h9-10,13,17-18H,3-8,11-12H2,1-2H3. The zero-order valence-corrected chi connectivity index (χ0v) is 12.4. The number of nitrogens with one attached hydrogen (secondary N) is 1. The van der Waals surface area contributed by atoms with Crippen LogP contribution in [0.15, 0.2) is 18.2 Å². The molecule has 0 radical (unpaired) electrons. The number of hydrogen-bond acceptors (Lipinski definition) is 2. The molecule has 1 unspecified atom stereocenters. The zero-order chi connectivity index (χ0) is 13.5. The first-order valence-corrected chi connectivity index (χ1v) is 7.69. The van der Waals surface area contributed by atoms with Gasteiger partial charge in [0.25, 0.3) is 0 Å². The van der Waals surface area contributed by atoms with Crippen molar-refractivity contribution in [3.8, 4) is 0 Å². The van der Waals surface area contributed by atoms with Crippen LogP contribution in [0.25, 0.3) is 0 Å². The molecule has 1 aromatic rings. The summed E-state index contributed by atoms with van der Waals surface area (Å²) in [6.45, 7) is 4.17. The maximum Gasteiger partial charge on any atom is 0.0462 e. The molecule has 0 bridgehead atoms. The van der Waals surface area contributed by atoms with E-state index in [1.807, 2.05) is 0 Å². The zero-order valence-electron chi connectivity index (χ0n) is 12.4. The van der Waals surface area contributed by atoms with Gasteiger partial charge in [0.15, 0.2) is 0 Å². The van der Waals surface area contributed by atoms with Crippen LogP contribution in [-0.2, 0) is 17.6 Å². The molecule has 0 fully saturated rings. The molecule has 1 N–H and O–H groups in total. The molecular formula is C17H27NO. The summed E-state index contributed by atoms with van der Waals surface area (Å²) in [5.74, 6) is 0. The third-order valence-electron chi connectivity index (χ3n) is 4.01. The SMILES string of the molecule is CCCNC(CCCOC)c1ccc2c(c1)CCC2. The lowest BCUT2D eigenvalue weighted by atomic mass is 9.98. The van der Waals surface area contributed by atoms with Crippen molar-refractivity contribution in [2.75, 3.05) is 20.3 Å². The van der Waals surface area contributed by atoms with Gasteiger partial charge in [-0.05, 0) is 61.8 Å². The summed E-state index contributed by atoms with van der Waals surface area (Å²) in [5.41, 5.74) is 4.60. The number of aryl methyl sites for hydroxylation is 2. The van der Waals surface area contributed by atoms with Crippen molar-refractivity contribution in [3.63, 3.8) is 0 Å². The van der Waals surface area contributed by atoms with Crippen molar-refractivity contribution in [3.05, 3.63) is 34.9 Å². The second kappa shape index (κ2) is 7.66. The summed E-state index contributed by atoms with van der Waals surface area (Å²) in [6.07, 6.45) is 7.33. The number of fused-ring (bicyclic) bond motifs is 1. The summed E-state index contributed by atoms with van der Waals surface area (Å²) in [6, 6.07) is 7.59. The Hall–Kier alpha value is -0.860. The highest BCUT2D eigenvalue weighted by Gasteiger charge is 2.15. The monoisotopic (exact) mass is 261 g/mol. The van der Waals surface area contributed by atoms with Crippen molar-refractivity contribution in [1.82, 2.24) is 5.32 Å². The van der Waals surface area contributed by atoms with Crippen LogP contribution in [0.5, 0.6) is 0 Å². The molecule has 106 valence electrons. The van der Waals surface area contributed by atoms with Crippen LogP contribution in [0.2, 0.25) is 0 Å². The van der Waals surface area contributed by atoms with Crippen LogP contribution in [0.1, 0.15) is 55.3 Å². The lowest BCUT2D eigenvalue weighted by molar-refractivity contribution is 0.188. The molecule has 0 heterocycles. The van der Waals surface area contributed by atoms with Crippen LogP contribution >= 0.6 is 0 Å². The highest BCUT2D eigenvalue weighted by molar-refractivity contribution is 5.36. The van der Waals surface area contributed by atoms with Crippen LogP contribution < -0.4 is 5.32 Å². The van der Waals surface area contributed by atoms with Crippen molar-refractivity contribution >= 4 is 0 Å². The molecule has 1 aliphatic rings. The molecule has 19 heavy (non-hydrogen) atoms. The molecule has 0 saturated heterocycles. The van der Waals surface area contributed by atoms with E-state index in [1.165, 1.54) is 31.2 Å². The van der Waals surface area contributed by atoms with Gasteiger partial charge < -0.3 is 10.1 Å². The number of hydrogen-bond donors (Lipinski definition) is 1. The van der Waals surface area contributed by atoms with Gasteiger partial charge in [-0.1, -0.05) is 25.1 Å². The lowest BCUT2D eigenvalue weighted by Gasteiger charge is -2.20. The minimum atomic E-state index is 0.487. The first kappa shape index (κ1) is 14.5. The van der Waals surface area contributed by atoms with E-state index in [2.05, 4.69) is 30.4 Å². The predicted molar refractivity (Wildman–Crippen MR) is 80.6 cm³/mol. The van der Waals surface area contributed by atoms with Crippen molar-refractivity contribution < 1.29 is 4.74 Å². The Kier molecular flexibility index (Phi) is 5.87. The van der Waals surface area contributed by atoms with E-state index in [4.69, 9.17) is 4.74 Å². The molecule has 2 rings (SSSR count). The molecule has 1 aromatic carbocycles. The topological polar surface area (TPSA) is 21.3 Å². The van der Waals surface area contributed by atoms with Gasteiger partial charge in [0.2, 0.25) is 0 Å². The Labute approximate surface area is 117 Å². The van der Waals surface area contributed by atoms with Crippen LogP contribution in [0.3, 0.4) is 0 Å². The second-order valence-corrected chi connectivity index (χ2v) is 5.52. The molecule has 0 aromatic heterocycles. The number of ether oxygens (including phenoxy) is 1. The molecule has 2 nitrogen and oxygen atoms in total. The largest absolute Gasteiger partial charge is 0.385 e. The predicted octanol–water partition coefficient (Wildman–Crippen LogP) is 3.64. The molecule has 2 heteroatoms. The molecule has 0 aliphatic heterocycles. The van der Waals surface area contributed by atoms with Crippen LogP contribution in [0.4, 0.5) is 0 Å². The van der Waals surface area contributed by atoms with Crippen molar-refractivity contribution in [2.45, 2.75) is 51.5 Å². The maximum absolute atomic E-state index is 5.18. The van der Waals surface area contributed by atoms with E-state index in [0.717, 1.165) is 26.0 Å². The first-order chi connectivity index (χ1) is 9.35. The van der Waals surface area contributed by atoms with E-state index < -0.39 is 0 Å². The summed E-state index contributed by atoms with van der Waals surface area (Å²) in [4.78, 5) is 0. The van der Waals surface area contributed by atoms with Gasteiger partial charge in [-0.15, -0.1) is 0 Å². The third-order valence-corrected chi connectivity index (χ3v) is 4.01. The molecular weight excluding hydrogens is 234 g/mol. The Morgan fingerprint density at radius 2 is 2.11 bits per heavy atom. The number of methoxy groups -OCH3 is 1. The molecule has 1 atom stereocenters. The van der Waals surface area contributed by atoms with Gasteiger partial charge in [-0.25, -0.2) is 0 Å². The van der Waals surface area contributed by atoms with Gasteiger partial charge in [0.05, 0.1) is 0 Å². The highest BCUT2D eigenvalue weighted by atomic mass is 16.5. The quantitative estimate of drug-likeness (QED) is 0.721. The minimum absolute atomic E-state index is 0.487. The Bertz CT molecular complexity index is 389. The van der Waals surface area contributed by atoms with Gasteiger partial charge in [0, 0.05) is 19.8 Å². The highest BCUT2D eigenvalue weighted by Crippen LogP contribution is 2.27. The normalized spacial score (nSPS) is 15.5. The summed E-state index contributed by atoms with van der Waals surface area (Å²) < 4.78 is 5.18. The third kappa shape index (κ3) is 4.05. The van der Waals surface area contributed by atoms with Crippen LogP contribution in [0, 0.1) is 0 Å². The number of rotatable bonds is 8. The Balaban J connectivity index is 2.03. The van der Waals surface area contributed by atoms with Gasteiger partial charge in [-0.3, -0.25) is 0 Å². The summed E-state index contributed by atoms with van der Waals surface area (Å²) in [5, 5.41) is 3.68. The fraction of sp³-hybridized carbons (Fsp3) is 0.647. The lowest BCUT2D eigenvalue weighted by Crippen LogP contribution is -2.22. The average molecular weight is 261 g/mol. The first-order valence-electron chi connectivity index (χ1n) is 7.69. The second-order valence-electron chi connectivity index (χ2n) is 5.52. The van der Waals surface area contributed by atoms with Gasteiger partial charge >= 0.3 is 0 Å². The van der Waals surface area contributed by atoms with E-state index in [-0.39, 0.29) is 0 Å². The summed E-state index contributed by atoms with van der Waals surface area (Å²) >= 11 is 0. The van der Waals surface area contributed by atoms with E-state index in [9.17, 15) is 0 Å². The molecule has 0 saturated carbocycles. The fourth-order valence-electron chi connectivity index (χ4n) is 2.95. The number of benzene rings is 1. The smallest absolute Gasteiger partial charge is 0.0462 e. The van der Waals surface area contributed by atoms with Gasteiger partial charge in [-0.2, -0.15) is 0 Å². The van der Waals surface area contributed by atoms with E-state index >= 15 is 0 Å². The molecule has 1 aliphatic carbocycles. The summed E-state index contributed by atoms with van der Waals surface area (Å²) in [7, 11) is 1.78. The minimum Gasteiger partial charge on any atom is -0.385 e. The fourth-order valence-corrected chi connectivity index (χ4v) is 2.95. The van der Waals surface area contributed by atoms with Crippen LogP contribution in [-0.4, -0.2) is 20.3 Å². The van der Waals surface area contributed by atoms with Crippen molar-refractivity contribution in [1.29, 1.82) is 0 Å². The van der Waals surface area contributed by atoms with E-state index in [1.54, 1.807) is 18.2 Å². The Morgan fingerprint density at radius 1 is 1.26 bits per heavy atom. The maximum atomic E-state index is 5.18. The Morgan fingerprint density at radius 3 is 2.89 bits per heavy atom. The molecule has 0 spiro atoms. The van der Waals surface area contributed by atoms with E-state index in [0.29, 0.717) is 6.04 Å². The average Bonchev–Trinajstić information content (AvgIpc) is 2.90. The van der Waals surface area contributed by atoms with Crippen molar-refractivity contribution in [2.24, 2.45) is 0 Å². The van der Waals surface area contributed by atoms with Gasteiger partial charge in [0.1, 0.15) is 0 Å². The molecule has 0 amide bonds.